The Bertz CT molecular complexity index is 1060. The van der Waals surface area contributed by atoms with Gasteiger partial charge in [-0.05, 0) is 37.5 Å². The SMILES string of the molecule is CCCCc1noc(CSc2nnc(CNc3cccc(C(F)(F)F)c3)n2C2CCCCC2)n1. The van der Waals surface area contributed by atoms with Crippen LogP contribution in [0.5, 0.6) is 0 Å². The molecule has 1 saturated carbocycles. The molecule has 0 amide bonds. The number of hydrogen-bond donors (Lipinski definition) is 1. The molecule has 0 bridgehead atoms. The molecule has 1 N–H and O–H groups in total. The van der Waals surface area contributed by atoms with Crippen LogP contribution in [0, 0.1) is 0 Å². The van der Waals surface area contributed by atoms with Crippen LogP contribution in [0.1, 0.15) is 81.0 Å². The first-order chi connectivity index (χ1) is 16.4. The van der Waals surface area contributed by atoms with E-state index in [-0.39, 0.29) is 12.6 Å². The van der Waals surface area contributed by atoms with E-state index in [1.807, 2.05) is 0 Å². The Morgan fingerprint density at radius 1 is 1.18 bits per heavy atom. The van der Waals surface area contributed by atoms with E-state index >= 15 is 0 Å². The standard InChI is InChI=1S/C23H29F3N6OS/c1-2-3-12-19-28-21(33-31-19)15-34-22-30-29-20(32(22)18-10-5-4-6-11-18)14-27-17-9-7-8-16(13-17)23(24,25)26/h7-9,13,18,27H,2-6,10-12,14-15H2,1H3. The Kier molecular flexibility index (Phi) is 8.12. The van der Waals surface area contributed by atoms with Crippen LogP contribution in [-0.2, 0) is 24.9 Å². The van der Waals surface area contributed by atoms with Crippen LogP contribution in [0.4, 0.5) is 18.9 Å². The Balaban J connectivity index is 1.47. The predicted molar refractivity (Wildman–Crippen MR) is 123 cm³/mol. The molecular weight excluding hydrogens is 465 g/mol. The number of nitrogens with one attached hydrogen (secondary N) is 1. The van der Waals surface area contributed by atoms with Crippen LogP contribution >= 0.6 is 11.8 Å². The third-order valence-electron chi connectivity index (χ3n) is 5.90. The lowest BCUT2D eigenvalue weighted by molar-refractivity contribution is -0.137. The molecule has 1 aromatic carbocycles. The van der Waals surface area contributed by atoms with E-state index in [1.54, 1.807) is 6.07 Å². The smallest absolute Gasteiger partial charge is 0.378 e. The predicted octanol–water partition coefficient (Wildman–Crippen LogP) is 6.43. The molecule has 2 aromatic heterocycles. The first kappa shape index (κ1) is 24.6. The quantitative estimate of drug-likeness (QED) is 0.325. The lowest BCUT2D eigenvalue weighted by atomic mass is 9.95. The summed E-state index contributed by atoms with van der Waals surface area (Å²) in [6.07, 6.45) is 4.05. The summed E-state index contributed by atoms with van der Waals surface area (Å²) in [6, 6.07) is 5.47. The first-order valence-corrected chi connectivity index (χ1v) is 12.7. The highest BCUT2D eigenvalue weighted by Crippen LogP contribution is 2.34. The number of thioether (sulfide) groups is 1. The summed E-state index contributed by atoms with van der Waals surface area (Å²) in [6.45, 7) is 2.40. The second-order valence-corrected chi connectivity index (χ2v) is 9.43. The fourth-order valence-corrected chi connectivity index (χ4v) is 4.99. The summed E-state index contributed by atoms with van der Waals surface area (Å²) in [5.41, 5.74) is -0.284. The van der Waals surface area contributed by atoms with Crippen molar-refractivity contribution >= 4 is 17.4 Å². The molecule has 0 atom stereocenters. The molecule has 0 radical (unpaired) electrons. The minimum Gasteiger partial charge on any atom is -0.378 e. The van der Waals surface area contributed by atoms with Gasteiger partial charge in [-0.3, -0.25) is 0 Å². The van der Waals surface area contributed by atoms with Gasteiger partial charge in [0.25, 0.3) is 0 Å². The summed E-state index contributed by atoms with van der Waals surface area (Å²) < 4.78 is 46.7. The summed E-state index contributed by atoms with van der Waals surface area (Å²) in [4.78, 5) is 4.46. The molecule has 7 nitrogen and oxygen atoms in total. The molecule has 11 heteroatoms. The van der Waals surface area contributed by atoms with Crippen LogP contribution in [0.25, 0.3) is 0 Å². The highest BCUT2D eigenvalue weighted by molar-refractivity contribution is 7.98. The third-order valence-corrected chi connectivity index (χ3v) is 6.83. The Morgan fingerprint density at radius 2 is 2.00 bits per heavy atom. The van der Waals surface area contributed by atoms with Crippen molar-refractivity contribution in [3.8, 4) is 0 Å². The monoisotopic (exact) mass is 494 g/mol. The average Bonchev–Trinajstić information content (AvgIpc) is 3.47. The Labute approximate surface area is 200 Å². The molecule has 0 aliphatic heterocycles. The van der Waals surface area contributed by atoms with Crippen molar-refractivity contribution in [1.82, 2.24) is 24.9 Å². The van der Waals surface area contributed by atoms with Gasteiger partial charge in [-0.15, -0.1) is 10.2 Å². The van der Waals surface area contributed by atoms with Gasteiger partial charge in [0.2, 0.25) is 5.89 Å². The zero-order chi connectivity index (χ0) is 24.0. The van der Waals surface area contributed by atoms with E-state index in [4.69, 9.17) is 4.52 Å². The van der Waals surface area contributed by atoms with Crippen molar-refractivity contribution in [3.05, 3.63) is 47.4 Å². The third kappa shape index (κ3) is 6.31. The van der Waals surface area contributed by atoms with E-state index < -0.39 is 11.7 Å². The topological polar surface area (TPSA) is 81.7 Å². The van der Waals surface area contributed by atoms with Crippen LogP contribution in [0.15, 0.2) is 33.9 Å². The van der Waals surface area contributed by atoms with Crippen molar-refractivity contribution in [2.45, 2.75) is 88.0 Å². The molecule has 34 heavy (non-hydrogen) atoms. The Hall–Kier alpha value is -2.56. The molecule has 2 heterocycles. The largest absolute Gasteiger partial charge is 0.416 e. The molecule has 0 spiro atoms. The number of benzene rings is 1. The highest BCUT2D eigenvalue weighted by atomic mass is 32.2. The highest BCUT2D eigenvalue weighted by Gasteiger charge is 2.30. The number of halogens is 3. The summed E-state index contributed by atoms with van der Waals surface area (Å²) in [5, 5.41) is 16.7. The number of hydrogen-bond acceptors (Lipinski definition) is 7. The molecule has 1 aliphatic rings. The van der Waals surface area contributed by atoms with Crippen LogP contribution in [-0.4, -0.2) is 24.9 Å². The molecule has 1 aliphatic carbocycles. The second-order valence-electron chi connectivity index (χ2n) is 8.49. The van der Waals surface area contributed by atoms with Crippen molar-refractivity contribution in [1.29, 1.82) is 0 Å². The summed E-state index contributed by atoms with van der Waals surface area (Å²) >= 11 is 1.50. The van der Waals surface area contributed by atoms with Crippen molar-refractivity contribution in [2.75, 3.05) is 5.32 Å². The van der Waals surface area contributed by atoms with Gasteiger partial charge >= 0.3 is 6.18 Å². The van der Waals surface area contributed by atoms with Gasteiger partial charge < -0.3 is 14.4 Å². The first-order valence-electron chi connectivity index (χ1n) is 11.7. The zero-order valence-electron chi connectivity index (χ0n) is 19.1. The number of alkyl halides is 3. The van der Waals surface area contributed by atoms with Crippen LogP contribution in [0.2, 0.25) is 0 Å². The van der Waals surface area contributed by atoms with Gasteiger partial charge in [0, 0.05) is 18.2 Å². The van der Waals surface area contributed by atoms with E-state index in [1.165, 1.54) is 24.2 Å². The molecule has 4 rings (SSSR count). The lowest BCUT2D eigenvalue weighted by Crippen LogP contribution is -2.18. The molecule has 0 unspecified atom stereocenters. The maximum atomic E-state index is 13.1. The molecular formula is C23H29F3N6OS. The van der Waals surface area contributed by atoms with Crippen molar-refractivity contribution in [2.24, 2.45) is 0 Å². The van der Waals surface area contributed by atoms with E-state index in [2.05, 4.69) is 37.1 Å². The van der Waals surface area contributed by atoms with Gasteiger partial charge in [-0.1, -0.05) is 55.6 Å². The number of rotatable bonds is 10. The van der Waals surface area contributed by atoms with E-state index in [0.717, 1.165) is 68.1 Å². The summed E-state index contributed by atoms with van der Waals surface area (Å²) in [7, 11) is 0. The number of aromatic nitrogens is 5. The normalized spacial score (nSPS) is 15.1. The van der Waals surface area contributed by atoms with Gasteiger partial charge in [0.1, 0.15) is 0 Å². The number of nitrogens with zero attached hydrogens (tertiary/aromatic N) is 5. The van der Waals surface area contributed by atoms with E-state index in [0.29, 0.717) is 23.2 Å². The van der Waals surface area contributed by atoms with Gasteiger partial charge in [0.05, 0.1) is 17.9 Å². The van der Waals surface area contributed by atoms with Gasteiger partial charge in [-0.25, -0.2) is 0 Å². The number of aryl methyl sites for hydroxylation is 1. The number of unbranched alkanes of at least 4 members (excludes halogenated alkanes) is 1. The minimum absolute atomic E-state index is 0.271. The lowest BCUT2D eigenvalue weighted by Gasteiger charge is -2.25. The number of anilines is 1. The molecule has 184 valence electrons. The summed E-state index contributed by atoms with van der Waals surface area (Å²) in [5.74, 6) is 2.47. The fourth-order valence-electron chi connectivity index (χ4n) is 4.13. The maximum absolute atomic E-state index is 13.1. The molecule has 1 fully saturated rings. The van der Waals surface area contributed by atoms with Crippen LogP contribution < -0.4 is 5.32 Å². The van der Waals surface area contributed by atoms with Gasteiger partial charge in [0.15, 0.2) is 16.8 Å². The maximum Gasteiger partial charge on any atom is 0.416 e. The Morgan fingerprint density at radius 3 is 2.76 bits per heavy atom. The average molecular weight is 495 g/mol. The molecule has 3 aromatic rings. The van der Waals surface area contributed by atoms with Gasteiger partial charge in [-0.2, -0.15) is 18.2 Å². The second kappa shape index (κ2) is 11.2. The zero-order valence-corrected chi connectivity index (χ0v) is 20.0. The van der Waals surface area contributed by atoms with Crippen LogP contribution in [0.3, 0.4) is 0 Å². The van der Waals surface area contributed by atoms with Crippen molar-refractivity contribution < 1.29 is 17.7 Å². The molecule has 0 saturated heterocycles. The minimum atomic E-state index is -4.38. The fraction of sp³-hybridized carbons (Fsp3) is 0.565. The van der Waals surface area contributed by atoms with E-state index in [9.17, 15) is 13.2 Å². The van der Waals surface area contributed by atoms with Crippen molar-refractivity contribution in [3.63, 3.8) is 0 Å².